The van der Waals surface area contributed by atoms with Crippen LogP contribution in [0.3, 0.4) is 0 Å². The van der Waals surface area contributed by atoms with E-state index in [0.717, 1.165) is 17.0 Å². The van der Waals surface area contributed by atoms with Gasteiger partial charge in [0.25, 0.3) is 5.91 Å². The van der Waals surface area contributed by atoms with Crippen LogP contribution in [0.4, 0.5) is 10.1 Å². The summed E-state index contributed by atoms with van der Waals surface area (Å²) in [5.74, 6) is -0.499. The number of aryl methyl sites for hydroxylation is 2. The molecule has 0 aliphatic carbocycles. The number of rotatable bonds is 6. The third kappa shape index (κ3) is 4.33. The molecule has 0 aliphatic heterocycles. The van der Waals surface area contributed by atoms with Crippen molar-refractivity contribution in [3.8, 4) is 11.4 Å². The van der Waals surface area contributed by atoms with Crippen molar-refractivity contribution in [3.63, 3.8) is 0 Å². The predicted octanol–water partition coefficient (Wildman–Crippen LogP) is 5.05. The van der Waals surface area contributed by atoms with E-state index in [-0.39, 0.29) is 11.8 Å². The SMILES string of the molecule is CCn1c(-c2ccccc2F)nc2cc(NC(C)=O)cc(C(=O)N(C)Cc3c(C)nc4ccccn34)c21. The number of carbonyl (C=O) groups is 2. The minimum Gasteiger partial charge on any atom is -0.336 e. The quantitative estimate of drug-likeness (QED) is 0.355. The number of carbonyl (C=O) groups excluding carboxylic acids is 2. The molecule has 5 aromatic rings. The zero-order valence-corrected chi connectivity index (χ0v) is 21.1. The third-order valence-corrected chi connectivity index (χ3v) is 6.39. The van der Waals surface area contributed by atoms with Gasteiger partial charge in [-0.2, -0.15) is 0 Å². The molecule has 0 saturated heterocycles. The van der Waals surface area contributed by atoms with Crippen molar-refractivity contribution < 1.29 is 14.0 Å². The molecule has 1 N–H and O–H groups in total. The molecule has 0 bridgehead atoms. The largest absolute Gasteiger partial charge is 0.336 e. The Morgan fingerprint density at radius 1 is 1.08 bits per heavy atom. The van der Waals surface area contributed by atoms with Crippen molar-refractivity contribution in [3.05, 3.63) is 83.6 Å². The number of anilines is 1. The van der Waals surface area contributed by atoms with Gasteiger partial charge < -0.3 is 19.2 Å². The normalized spacial score (nSPS) is 11.3. The van der Waals surface area contributed by atoms with Crippen LogP contribution >= 0.6 is 0 Å². The van der Waals surface area contributed by atoms with Crippen molar-refractivity contribution >= 4 is 34.2 Å². The van der Waals surface area contributed by atoms with Crippen LogP contribution in [-0.4, -0.2) is 42.7 Å². The monoisotopic (exact) mass is 498 g/mol. The molecule has 3 heterocycles. The molecule has 0 atom stereocenters. The Labute approximate surface area is 213 Å². The van der Waals surface area contributed by atoms with Crippen LogP contribution in [0.1, 0.15) is 35.6 Å². The van der Waals surface area contributed by atoms with Gasteiger partial charge in [-0.15, -0.1) is 0 Å². The van der Waals surface area contributed by atoms with E-state index in [1.807, 2.05) is 47.2 Å². The highest BCUT2D eigenvalue weighted by atomic mass is 19.1. The molecule has 0 spiro atoms. The first-order valence-corrected chi connectivity index (χ1v) is 12.0. The van der Waals surface area contributed by atoms with Gasteiger partial charge in [0, 0.05) is 32.4 Å². The molecule has 0 aliphatic rings. The first-order chi connectivity index (χ1) is 17.8. The van der Waals surface area contributed by atoms with Crippen LogP contribution in [0.2, 0.25) is 0 Å². The van der Waals surface area contributed by atoms with Gasteiger partial charge in [-0.25, -0.2) is 14.4 Å². The van der Waals surface area contributed by atoms with Gasteiger partial charge in [-0.3, -0.25) is 9.59 Å². The topological polar surface area (TPSA) is 84.5 Å². The number of hydrogen-bond acceptors (Lipinski definition) is 4. The summed E-state index contributed by atoms with van der Waals surface area (Å²) in [7, 11) is 1.73. The summed E-state index contributed by atoms with van der Waals surface area (Å²) in [6.45, 7) is 6.04. The summed E-state index contributed by atoms with van der Waals surface area (Å²) in [5.41, 5.74) is 4.78. The first kappa shape index (κ1) is 24.2. The van der Waals surface area contributed by atoms with E-state index in [4.69, 9.17) is 4.98 Å². The number of imidazole rings is 2. The standard InChI is InChI=1S/C28H27FN6O2/c1-5-34-26-21(28(37)33(4)16-24-17(2)30-25-12-8-9-13-35(24)25)14-19(31-18(3)36)15-23(26)32-27(34)20-10-6-7-11-22(20)29/h6-15H,5,16H2,1-4H3,(H,31,36). The van der Waals surface area contributed by atoms with E-state index in [0.29, 0.717) is 46.8 Å². The average molecular weight is 499 g/mol. The maximum atomic E-state index is 14.7. The molecule has 37 heavy (non-hydrogen) atoms. The Bertz CT molecular complexity index is 1670. The van der Waals surface area contributed by atoms with Crippen LogP contribution in [-0.2, 0) is 17.9 Å². The van der Waals surface area contributed by atoms with Crippen LogP contribution in [0, 0.1) is 12.7 Å². The van der Waals surface area contributed by atoms with E-state index in [1.165, 1.54) is 13.0 Å². The number of aromatic nitrogens is 4. The van der Waals surface area contributed by atoms with Crippen LogP contribution < -0.4 is 5.32 Å². The minimum absolute atomic E-state index is 0.253. The number of benzene rings is 2. The van der Waals surface area contributed by atoms with Crippen LogP contribution in [0.15, 0.2) is 60.8 Å². The highest BCUT2D eigenvalue weighted by molar-refractivity contribution is 6.08. The second-order valence-electron chi connectivity index (χ2n) is 8.97. The molecule has 188 valence electrons. The van der Waals surface area contributed by atoms with Crippen molar-refractivity contribution in [2.75, 3.05) is 12.4 Å². The van der Waals surface area contributed by atoms with Crippen molar-refractivity contribution in [2.45, 2.75) is 33.9 Å². The fourth-order valence-electron chi connectivity index (χ4n) is 4.72. The lowest BCUT2D eigenvalue weighted by molar-refractivity contribution is -0.114. The number of hydrogen-bond donors (Lipinski definition) is 1. The number of pyridine rings is 1. The van der Waals surface area contributed by atoms with Gasteiger partial charge >= 0.3 is 0 Å². The zero-order chi connectivity index (χ0) is 26.3. The highest BCUT2D eigenvalue weighted by Crippen LogP contribution is 2.32. The summed E-state index contributed by atoms with van der Waals surface area (Å²) < 4.78 is 18.5. The van der Waals surface area contributed by atoms with E-state index >= 15 is 0 Å². The molecule has 2 aromatic carbocycles. The Morgan fingerprint density at radius 2 is 1.84 bits per heavy atom. The molecule has 0 radical (unpaired) electrons. The molecule has 8 nitrogen and oxygen atoms in total. The number of nitrogens with zero attached hydrogens (tertiary/aromatic N) is 5. The molecule has 2 amide bonds. The second-order valence-corrected chi connectivity index (χ2v) is 8.97. The van der Waals surface area contributed by atoms with Gasteiger partial charge in [0.1, 0.15) is 17.3 Å². The summed E-state index contributed by atoms with van der Waals surface area (Å²) in [6, 6.07) is 15.5. The lowest BCUT2D eigenvalue weighted by Gasteiger charge is -2.19. The molecular formula is C28H27FN6O2. The van der Waals surface area contributed by atoms with Crippen molar-refractivity contribution in [2.24, 2.45) is 0 Å². The molecule has 9 heteroatoms. The maximum absolute atomic E-state index is 14.7. The second kappa shape index (κ2) is 9.50. The molecule has 3 aromatic heterocycles. The molecule has 5 rings (SSSR count). The van der Waals surface area contributed by atoms with Crippen molar-refractivity contribution in [1.82, 2.24) is 23.8 Å². The Morgan fingerprint density at radius 3 is 2.57 bits per heavy atom. The van der Waals surface area contributed by atoms with Gasteiger partial charge in [0.15, 0.2) is 0 Å². The van der Waals surface area contributed by atoms with Gasteiger partial charge in [0.05, 0.1) is 40.1 Å². The summed E-state index contributed by atoms with van der Waals surface area (Å²) in [6.07, 6.45) is 1.92. The third-order valence-electron chi connectivity index (χ3n) is 6.39. The average Bonchev–Trinajstić information content (AvgIpc) is 3.39. The zero-order valence-electron chi connectivity index (χ0n) is 21.1. The smallest absolute Gasteiger partial charge is 0.256 e. The summed E-state index contributed by atoms with van der Waals surface area (Å²) in [4.78, 5) is 36.7. The van der Waals surface area contributed by atoms with Crippen molar-refractivity contribution in [1.29, 1.82) is 0 Å². The van der Waals surface area contributed by atoms with E-state index < -0.39 is 5.82 Å². The highest BCUT2D eigenvalue weighted by Gasteiger charge is 2.24. The lowest BCUT2D eigenvalue weighted by Crippen LogP contribution is -2.28. The van der Waals surface area contributed by atoms with E-state index in [1.54, 1.807) is 42.3 Å². The number of amides is 2. The molecular weight excluding hydrogens is 471 g/mol. The Kier molecular flexibility index (Phi) is 6.20. The number of nitrogens with one attached hydrogen (secondary N) is 1. The van der Waals surface area contributed by atoms with Gasteiger partial charge in [-0.05, 0) is 50.2 Å². The first-order valence-electron chi connectivity index (χ1n) is 12.0. The number of halogens is 1. The lowest BCUT2D eigenvalue weighted by atomic mass is 10.1. The van der Waals surface area contributed by atoms with Crippen LogP contribution in [0.25, 0.3) is 28.1 Å². The Hall–Kier alpha value is -4.53. The fraction of sp³-hybridized carbons (Fsp3) is 0.214. The molecule has 0 fully saturated rings. The minimum atomic E-state index is -0.400. The number of fused-ring (bicyclic) bond motifs is 2. The van der Waals surface area contributed by atoms with Gasteiger partial charge in [-0.1, -0.05) is 18.2 Å². The van der Waals surface area contributed by atoms with E-state index in [2.05, 4.69) is 10.3 Å². The van der Waals surface area contributed by atoms with Crippen LogP contribution in [0.5, 0.6) is 0 Å². The Balaban J connectivity index is 1.64. The predicted molar refractivity (Wildman–Crippen MR) is 141 cm³/mol. The van der Waals surface area contributed by atoms with Gasteiger partial charge in [0.2, 0.25) is 5.91 Å². The fourth-order valence-corrected chi connectivity index (χ4v) is 4.72. The van der Waals surface area contributed by atoms with E-state index in [9.17, 15) is 14.0 Å². The summed E-state index contributed by atoms with van der Waals surface area (Å²) in [5, 5.41) is 2.76. The molecule has 0 unspecified atom stereocenters. The maximum Gasteiger partial charge on any atom is 0.256 e. The molecule has 0 saturated carbocycles. The summed E-state index contributed by atoms with van der Waals surface area (Å²) >= 11 is 0.